The molecule has 4 rings (SSSR count). The minimum Gasteiger partial charge on any atom is -0.266 e. The molecule has 0 spiro atoms. The Morgan fingerprint density at radius 3 is 2.75 bits per heavy atom. The van der Waals surface area contributed by atoms with E-state index in [1.165, 1.54) is 21.9 Å². The van der Waals surface area contributed by atoms with Crippen LogP contribution in [0.1, 0.15) is 23.5 Å². The van der Waals surface area contributed by atoms with Crippen LogP contribution in [0.15, 0.2) is 58.5 Å². The average Bonchev–Trinajstić information content (AvgIpc) is 2.86. The van der Waals surface area contributed by atoms with Gasteiger partial charge < -0.3 is 0 Å². The molecule has 1 unspecified atom stereocenters. The van der Waals surface area contributed by atoms with Gasteiger partial charge in [0.15, 0.2) is 5.84 Å². The Hall–Kier alpha value is -2.22. The van der Waals surface area contributed by atoms with Crippen LogP contribution in [0.3, 0.4) is 0 Å². The van der Waals surface area contributed by atoms with Crippen molar-refractivity contribution in [2.24, 2.45) is 9.98 Å². The van der Waals surface area contributed by atoms with Crippen LogP contribution in [0.4, 0.5) is 0 Å². The van der Waals surface area contributed by atoms with E-state index in [0.717, 1.165) is 24.2 Å². The molecule has 0 N–H and O–H groups in total. The minimum atomic E-state index is 0.426. The Labute approximate surface area is 118 Å². The van der Waals surface area contributed by atoms with Crippen LogP contribution < -0.4 is 10.6 Å². The number of hydrogen-bond donors (Lipinski definition) is 0. The van der Waals surface area contributed by atoms with E-state index in [1.807, 2.05) is 0 Å². The minimum absolute atomic E-state index is 0.426. The summed E-state index contributed by atoms with van der Waals surface area (Å²) in [5.41, 5.74) is 3.98. The van der Waals surface area contributed by atoms with Gasteiger partial charge in [-0.2, -0.15) is 0 Å². The van der Waals surface area contributed by atoms with Gasteiger partial charge in [0.25, 0.3) is 0 Å². The molecule has 98 valence electrons. The Balaban J connectivity index is 1.99. The Kier molecular flexibility index (Phi) is 2.56. The molecule has 0 fully saturated rings. The smallest absolute Gasteiger partial charge is 0.152 e. The van der Waals surface area contributed by atoms with Crippen molar-refractivity contribution < 1.29 is 0 Å². The van der Waals surface area contributed by atoms with Gasteiger partial charge >= 0.3 is 0 Å². The maximum absolute atomic E-state index is 4.70. The fraction of sp³-hybridized carbons (Fsp3) is 0.222. The van der Waals surface area contributed by atoms with Crippen molar-refractivity contribution in [2.75, 3.05) is 6.54 Å². The van der Waals surface area contributed by atoms with Gasteiger partial charge in [-0.3, -0.25) is 4.99 Å². The number of fused-ring (bicyclic) bond motifs is 2. The van der Waals surface area contributed by atoms with Gasteiger partial charge in [-0.25, -0.2) is 4.99 Å². The lowest BCUT2D eigenvalue weighted by Gasteiger charge is -2.22. The van der Waals surface area contributed by atoms with Crippen molar-refractivity contribution in [1.29, 1.82) is 0 Å². The third-order valence-electron chi connectivity index (χ3n) is 4.14. The van der Waals surface area contributed by atoms with Gasteiger partial charge in [0.1, 0.15) is 0 Å². The van der Waals surface area contributed by atoms with E-state index in [-0.39, 0.29) is 0 Å². The van der Waals surface area contributed by atoms with E-state index in [0.29, 0.717) is 5.92 Å². The SMILES string of the molecule is Cc1ccc2c(c1)=C1C(=NCCC1c1ccccc1)N=2. The van der Waals surface area contributed by atoms with Crippen LogP contribution in [0, 0.1) is 6.92 Å². The van der Waals surface area contributed by atoms with Crippen molar-refractivity contribution in [3.63, 3.8) is 0 Å². The van der Waals surface area contributed by atoms with Gasteiger partial charge in [-0.15, -0.1) is 0 Å². The van der Waals surface area contributed by atoms with E-state index in [1.54, 1.807) is 0 Å². The second-order valence-corrected chi connectivity index (χ2v) is 5.50. The first-order chi connectivity index (χ1) is 9.83. The van der Waals surface area contributed by atoms with Crippen LogP contribution in [0.2, 0.25) is 0 Å². The van der Waals surface area contributed by atoms with Crippen molar-refractivity contribution >= 4 is 11.4 Å². The quantitative estimate of drug-likeness (QED) is 0.752. The molecular weight excluding hydrogens is 244 g/mol. The standard InChI is InChI=1S/C18H16N2/c1-12-7-8-16-15(11-12)17-14(9-10-19-18(17)20-16)13-5-3-2-4-6-13/h2-8,11,14H,9-10H2,1H3. The average molecular weight is 260 g/mol. The molecule has 0 amide bonds. The second-order valence-electron chi connectivity index (χ2n) is 5.50. The summed E-state index contributed by atoms with van der Waals surface area (Å²) in [6, 6.07) is 17.2. The molecule has 0 saturated heterocycles. The van der Waals surface area contributed by atoms with E-state index in [9.17, 15) is 0 Å². The molecule has 0 saturated carbocycles. The number of amidine groups is 1. The summed E-state index contributed by atoms with van der Waals surface area (Å²) >= 11 is 0. The molecule has 2 aliphatic heterocycles. The Bertz CT molecular complexity index is 816. The molecule has 0 aliphatic carbocycles. The lowest BCUT2D eigenvalue weighted by molar-refractivity contribution is 0.748. The van der Waals surface area contributed by atoms with Gasteiger partial charge in [-0.05, 0) is 31.0 Å². The highest BCUT2D eigenvalue weighted by molar-refractivity contribution is 6.21. The topological polar surface area (TPSA) is 24.7 Å². The monoisotopic (exact) mass is 260 g/mol. The molecule has 2 aliphatic rings. The van der Waals surface area contributed by atoms with Crippen LogP contribution in [-0.2, 0) is 0 Å². The van der Waals surface area contributed by atoms with E-state index < -0.39 is 0 Å². The summed E-state index contributed by atoms with van der Waals surface area (Å²) < 4.78 is 0. The number of nitrogens with zero attached hydrogens (tertiary/aromatic N) is 2. The summed E-state index contributed by atoms with van der Waals surface area (Å²) in [7, 11) is 0. The summed E-state index contributed by atoms with van der Waals surface area (Å²) in [5.74, 6) is 1.38. The molecule has 2 aromatic carbocycles. The molecule has 2 heterocycles. The zero-order valence-corrected chi connectivity index (χ0v) is 11.5. The molecule has 0 bridgehead atoms. The molecule has 0 radical (unpaired) electrons. The molecule has 2 nitrogen and oxygen atoms in total. The third kappa shape index (κ3) is 1.72. The van der Waals surface area contributed by atoms with Crippen LogP contribution in [-0.4, -0.2) is 12.4 Å². The number of rotatable bonds is 1. The summed E-state index contributed by atoms with van der Waals surface area (Å²) in [4.78, 5) is 9.33. The van der Waals surface area contributed by atoms with Crippen molar-refractivity contribution in [1.82, 2.24) is 0 Å². The Morgan fingerprint density at radius 1 is 1.05 bits per heavy atom. The highest BCUT2D eigenvalue weighted by Gasteiger charge is 2.27. The van der Waals surface area contributed by atoms with Crippen LogP contribution in [0.25, 0.3) is 5.57 Å². The maximum atomic E-state index is 4.70. The second kappa shape index (κ2) is 4.41. The van der Waals surface area contributed by atoms with E-state index in [2.05, 4.69) is 60.4 Å². The summed E-state index contributed by atoms with van der Waals surface area (Å²) in [6.45, 7) is 3.01. The van der Waals surface area contributed by atoms with Gasteiger partial charge in [-0.1, -0.05) is 42.0 Å². The zero-order chi connectivity index (χ0) is 13.5. The van der Waals surface area contributed by atoms with Crippen LogP contribution >= 0.6 is 0 Å². The fourth-order valence-corrected chi connectivity index (χ4v) is 3.18. The first-order valence-electron chi connectivity index (χ1n) is 7.12. The molecule has 2 aromatic rings. The number of aryl methyl sites for hydroxylation is 1. The van der Waals surface area contributed by atoms with E-state index in [4.69, 9.17) is 4.99 Å². The lowest BCUT2D eigenvalue weighted by Crippen LogP contribution is -2.26. The fourth-order valence-electron chi connectivity index (χ4n) is 3.18. The van der Waals surface area contributed by atoms with Crippen LogP contribution in [0.5, 0.6) is 0 Å². The highest BCUT2D eigenvalue weighted by atomic mass is 14.9. The normalized spacial score (nSPS) is 19.9. The summed E-state index contributed by atoms with van der Waals surface area (Å²) in [5, 5.41) is 2.35. The third-order valence-corrected chi connectivity index (χ3v) is 4.14. The molecular formula is C18H16N2. The molecule has 0 aromatic heterocycles. The zero-order valence-electron chi connectivity index (χ0n) is 11.5. The first-order valence-corrected chi connectivity index (χ1v) is 7.12. The molecule has 2 heteroatoms. The summed E-state index contributed by atoms with van der Waals surface area (Å²) in [6.07, 6.45) is 1.08. The lowest BCUT2D eigenvalue weighted by atomic mass is 9.85. The number of benzene rings is 2. The molecule has 1 atom stereocenters. The largest absolute Gasteiger partial charge is 0.266 e. The van der Waals surface area contributed by atoms with Gasteiger partial charge in [0.05, 0.1) is 5.36 Å². The van der Waals surface area contributed by atoms with E-state index >= 15 is 0 Å². The number of aliphatic imine (C=N–C) groups is 1. The van der Waals surface area contributed by atoms with Crippen molar-refractivity contribution in [2.45, 2.75) is 19.3 Å². The highest BCUT2D eigenvalue weighted by Crippen LogP contribution is 2.33. The predicted molar refractivity (Wildman–Crippen MR) is 81.5 cm³/mol. The van der Waals surface area contributed by atoms with Gasteiger partial charge in [0, 0.05) is 23.3 Å². The predicted octanol–water partition coefficient (Wildman–Crippen LogP) is 2.36. The first kappa shape index (κ1) is 11.6. The van der Waals surface area contributed by atoms with Crippen molar-refractivity contribution in [3.8, 4) is 0 Å². The number of hydrogen-bond acceptors (Lipinski definition) is 2. The van der Waals surface area contributed by atoms with Crippen molar-refractivity contribution in [3.05, 3.63) is 70.2 Å². The Morgan fingerprint density at radius 2 is 1.90 bits per heavy atom. The molecule has 20 heavy (non-hydrogen) atoms. The maximum Gasteiger partial charge on any atom is 0.152 e. The van der Waals surface area contributed by atoms with Gasteiger partial charge in [0.2, 0.25) is 0 Å².